The van der Waals surface area contributed by atoms with Crippen LogP contribution < -0.4 is 0 Å². The second-order valence-electron chi connectivity index (χ2n) is 5.81. The zero-order valence-corrected chi connectivity index (χ0v) is 13.8. The average molecular weight is 377 g/mol. The fraction of sp³-hybridized carbons (Fsp3) is 0.188. The highest BCUT2D eigenvalue weighted by molar-refractivity contribution is 5.62. The van der Waals surface area contributed by atoms with Gasteiger partial charge in [0.25, 0.3) is 0 Å². The van der Waals surface area contributed by atoms with E-state index in [2.05, 4.69) is 25.0 Å². The summed E-state index contributed by atoms with van der Waals surface area (Å²) in [5.74, 6) is -1.50. The van der Waals surface area contributed by atoms with Gasteiger partial charge in [-0.3, -0.25) is 9.50 Å². The molecule has 0 saturated heterocycles. The van der Waals surface area contributed by atoms with Crippen LogP contribution in [-0.4, -0.2) is 34.5 Å². The van der Waals surface area contributed by atoms with Gasteiger partial charge in [-0.1, -0.05) is 0 Å². The number of fused-ring (bicyclic) bond motifs is 1. The molecule has 1 N–H and O–H groups in total. The van der Waals surface area contributed by atoms with E-state index in [0.29, 0.717) is 23.5 Å². The number of imidazole rings is 1. The van der Waals surface area contributed by atoms with Crippen LogP contribution in [0.1, 0.15) is 22.9 Å². The molecule has 7 nitrogen and oxygen atoms in total. The Morgan fingerprint density at radius 1 is 1.11 bits per heavy atom. The molecule has 4 heterocycles. The third kappa shape index (κ3) is 3.23. The van der Waals surface area contributed by atoms with Crippen molar-refractivity contribution in [2.45, 2.75) is 19.5 Å². The van der Waals surface area contributed by atoms with Crippen molar-refractivity contribution in [1.29, 1.82) is 0 Å². The van der Waals surface area contributed by atoms with Crippen molar-refractivity contribution in [2.75, 3.05) is 0 Å². The quantitative estimate of drug-likeness (QED) is 0.555. The van der Waals surface area contributed by atoms with E-state index in [1.165, 1.54) is 16.5 Å². The molecule has 0 aliphatic heterocycles. The Morgan fingerprint density at radius 3 is 2.52 bits per heavy atom. The van der Waals surface area contributed by atoms with E-state index >= 15 is 0 Å². The maximum absolute atomic E-state index is 13.7. The largest absolute Gasteiger partial charge is 0.451 e. The maximum Gasteiger partial charge on any atom is 0.451 e. The average Bonchev–Trinajstić information content (AvgIpc) is 3.22. The summed E-state index contributed by atoms with van der Waals surface area (Å²) in [5.41, 5.74) is 1.78. The van der Waals surface area contributed by atoms with Gasteiger partial charge in [-0.05, 0) is 24.6 Å². The lowest BCUT2D eigenvalue weighted by atomic mass is 10.1. The van der Waals surface area contributed by atoms with Gasteiger partial charge < -0.3 is 0 Å². The third-order valence-electron chi connectivity index (χ3n) is 3.84. The van der Waals surface area contributed by atoms with E-state index in [1.54, 1.807) is 19.3 Å². The summed E-state index contributed by atoms with van der Waals surface area (Å²) >= 11 is 0. The number of nitrogens with zero attached hydrogens (tertiary/aromatic N) is 6. The van der Waals surface area contributed by atoms with Crippen molar-refractivity contribution in [2.24, 2.45) is 0 Å². The van der Waals surface area contributed by atoms with Gasteiger partial charge >= 0.3 is 6.18 Å². The molecule has 11 heteroatoms. The second-order valence-corrected chi connectivity index (χ2v) is 5.81. The molecule has 138 valence electrons. The molecule has 0 amide bonds. The number of aromatic amines is 1. The number of pyridine rings is 1. The summed E-state index contributed by atoms with van der Waals surface area (Å²) in [7, 11) is 0. The monoisotopic (exact) mass is 377 g/mol. The minimum absolute atomic E-state index is 0.000667. The van der Waals surface area contributed by atoms with Crippen molar-refractivity contribution in [3.05, 3.63) is 59.4 Å². The van der Waals surface area contributed by atoms with Gasteiger partial charge in [0.15, 0.2) is 5.82 Å². The minimum Gasteiger partial charge on any atom is -0.294 e. The predicted molar refractivity (Wildman–Crippen MR) is 85.1 cm³/mol. The molecule has 0 atom stereocenters. The van der Waals surface area contributed by atoms with Crippen molar-refractivity contribution >= 4 is 5.52 Å². The number of nitrogens with one attached hydrogen (secondary N) is 1. The molecule has 27 heavy (non-hydrogen) atoms. The van der Waals surface area contributed by atoms with Gasteiger partial charge in [-0.25, -0.2) is 24.3 Å². The predicted octanol–water partition coefficient (Wildman–Crippen LogP) is 2.97. The highest BCUT2D eigenvalue weighted by Crippen LogP contribution is 2.28. The Balaban J connectivity index is 1.82. The smallest absolute Gasteiger partial charge is 0.294 e. The Morgan fingerprint density at radius 2 is 1.85 bits per heavy atom. The lowest BCUT2D eigenvalue weighted by molar-refractivity contribution is -0.144. The van der Waals surface area contributed by atoms with E-state index in [-0.39, 0.29) is 11.6 Å². The zero-order valence-electron chi connectivity index (χ0n) is 13.8. The molecular weight excluding hydrogens is 366 g/mol. The molecule has 0 aliphatic carbocycles. The molecule has 4 aromatic heterocycles. The summed E-state index contributed by atoms with van der Waals surface area (Å²) in [6.07, 6.45) is 0.0184. The minimum atomic E-state index is -4.67. The third-order valence-corrected chi connectivity index (χ3v) is 3.84. The molecular formula is C16H11F4N7. The normalized spacial score (nSPS) is 12.0. The highest BCUT2D eigenvalue weighted by atomic mass is 19.4. The van der Waals surface area contributed by atoms with Crippen molar-refractivity contribution in [1.82, 2.24) is 34.5 Å². The topological polar surface area (TPSA) is 84.6 Å². The van der Waals surface area contributed by atoms with E-state index in [4.69, 9.17) is 0 Å². The van der Waals surface area contributed by atoms with Gasteiger partial charge in [-0.2, -0.15) is 13.2 Å². The molecule has 0 saturated carbocycles. The Hall–Kier alpha value is -3.37. The molecule has 0 spiro atoms. The SMILES string of the molecule is Cc1ncc(Cc2nc(-c3n[nH]c(C(F)(F)F)n3)n3cc(F)ccc23)cn1. The van der Waals surface area contributed by atoms with Crippen LogP contribution >= 0.6 is 0 Å². The zero-order chi connectivity index (χ0) is 19.2. The first kappa shape index (κ1) is 17.1. The number of hydrogen-bond acceptors (Lipinski definition) is 5. The fourth-order valence-corrected chi connectivity index (χ4v) is 2.60. The number of aromatic nitrogens is 7. The van der Waals surface area contributed by atoms with Gasteiger partial charge in [0, 0.05) is 25.0 Å². The van der Waals surface area contributed by atoms with Crippen LogP contribution in [0.15, 0.2) is 30.7 Å². The second kappa shape index (κ2) is 6.11. The van der Waals surface area contributed by atoms with Gasteiger partial charge in [0.05, 0.1) is 11.2 Å². The van der Waals surface area contributed by atoms with E-state index in [0.717, 1.165) is 11.8 Å². The molecule has 0 aromatic carbocycles. The lowest BCUT2D eigenvalue weighted by Gasteiger charge is -2.00. The molecule has 0 unspecified atom stereocenters. The highest BCUT2D eigenvalue weighted by Gasteiger charge is 2.36. The van der Waals surface area contributed by atoms with Crippen molar-refractivity contribution < 1.29 is 17.6 Å². The van der Waals surface area contributed by atoms with E-state index in [1.807, 2.05) is 5.10 Å². The summed E-state index contributed by atoms with van der Waals surface area (Å²) in [4.78, 5) is 16.0. The maximum atomic E-state index is 13.7. The lowest BCUT2D eigenvalue weighted by Crippen LogP contribution is -2.07. The molecule has 4 aromatic rings. The Kier molecular flexibility index (Phi) is 3.86. The van der Waals surface area contributed by atoms with Crippen LogP contribution in [-0.2, 0) is 12.6 Å². The van der Waals surface area contributed by atoms with Gasteiger partial charge in [-0.15, -0.1) is 5.10 Å². The van der Waals surface area contributed by atoms with E-state index < -0.39 is 17.8 Å². The van der Waals surface area contributed by atoms with Crippen molar-refractivity contribution in [3.63, 3.8) is 0 Å². The number of H-pyrrole nitrogens is 1. The van der Waals surface area contributed by atoms with Crippen LogP contribution in [0.4, 0.5) is 17.6 Å². The number of alkyl halides is 3. The Bertz CT molecular complexity index is 1110. The fourth-order valence-electron chi connectivity index (χ4n) is 2.60. The standard InChI is InChI=1S/C16H11F4N7/c1-8-21-5-9(6-22-8)4-11-12-3-2-10(17)7-27(12)14(23-11)13-24-15(26-25-13)16(18,19)20/h2-3,5-7H,4H2,1H3,(H,24,25,26). The van der Waals surface area contributed by atoms with Crippen LogP contribution in [0.2, 0.25) is 0 Å². The number of hydrogen-bond donors (Lipinski definition) is 1. The number of halogens is 4. The summed E-state index contributed by atoms with van der Waals surface area (Å²) in [6.45, 7) is 1.75. The molecule has 0 aliphatic rings. The first-order chi connectivity index (χ1) is 12.8. The first-order valence-corrected chi connectivity index (χ1v) is 7.75. The molecule has 0 radical (unpaired) electrons. The van der Waals surface area contributed by atoms with Crippen LogP contribution in [0.5, 0.6) is 0 Å². The van der Waals surface area contributed by atoms with Gasteiger partial charge in [0.1, 0.15) is 11.6 Å². The van der Waals surface area contributed by atoms with Crippen molar-refractivity contribution in [3.8, 4) is 11.6 Å². The number of aryl methyl sites for hydroxylation is 1. The number of rotatable bonds is 3. The Labute approximate surface area is 149 Å². The van der Waals surface area contributed by atoms with E-state index in [9.17, 15) is 17.6 Å². The molecule has 0 bridgehead atoms. The summed E-state index contributed by atoms with van der Waals surface area (Å²) in [5, 5.41) is 5.41. The molecule has 0 fully saturated rings. The summed E-state index contributed by atoms with van der Waals surface area (Å²) in [6, 6.07) is 2.74. The first-order valence-electron chi connectivity index (χ1n) is 7.75. The van der Waals surface area contributed by atoms with Gasteiger partial charge in [0.2, 0.25) is 11.6 Å². The van der Waals surface area contributed by atoms with Crippen LogP contribution in [0.25, 0.3) is 17.2 Å². The van der Waals surface area contributed by atoms with Crippen LogP contribution in [0, 0.1) is 12.7 Å². The van der Waals surface area contributed by atoms with Crippen LogP contribution in [0.3, 0.4) is 0 Å². The molecule has 4 rings (SSSR count). The summed E-state index contributed by atoms with van der Waals surface area (Å²) < 4.78 is 53.4.